The van der Waals surface area contributed by atoms with Crippen LogP contribution in [-0.2, 0) is 9.53 Å². The first-order valence-corrected chi connectivity index (χ1v) is 6.57. The summed E-state index contributed by atoms with van der Waals surface area (Å²) in [6.07, 6.45) is 1.76. The number of likely N-dealkylation sites (tertiary alicyclic amines) is 1. The molecule has 0 bridgehead atoms. The van der Waals surface area contributed by atoms with E-state index in [1.165, 1.54) is 19.5 Å². The Morgan fingerprint density at radius 2 is 2.29 bits per heavy atom. The van der Waals surface area contributed by atoms with Gasteiger partial charge >= 0.3 is 5.97 Å². The van der Waals surface area contributed by atoms with E-state index in [0.29, 0.717) is 13.0 Å². The number of hydrogen-bond acceptors (Lipinski definition) is 4. The second-order valence-corrected chi connectivity index (χ2v) is 5.21. The molecule has 4 heteroatoms. The van der Waals surface area contributed by atoms with Crippen molar-refractivity contribution in [3.63, 3.8) is 0 Å². The van der Waals surface area contributed by atoms with Gasteiger partial charge in [0, 0.05) is 19.1 Å². The Hall–Kier alpha value is -0.610. The summed E-state index contributed by atoms with van der Waals surface area (Å²) >= 11 is 0. The zero-order chi connectivity index (χ0) is 12.8. The van der Waals surface area contributed by atoms with Crippen molar-refractivity contribution in [2.75, 3.05) is 40.3 Å². The van der Waals surface area contributed by atoms with Gasteiger partial charge in [0.05, 0.1) is 13.0 Å². The molecule has 0 aliphatic carbocycles. The maximum atomic E-state index is 11.4. The molecule has 1 rings (SSSR count). The van der Waals surface area contributed by atoms with Crippen LogP contribution in [0.25, 0.3) is 0 Å². The lowest BCUT2D eigenvalue weighted by Gasteiger charge is -2.26. The fraction of sp³-hybridized carbons (Fsp3) is 0.923. The molecule has 2 unspecified atom stereocenters. The molecular formula is C13H26N2O2. The first kappa shape index (κ1) is 14.5. The van der Waals surface area contributed by atoms with Crippen LogP contribution in [0.1, 0.15) is 26.7 Å². The second kappa shape index (κ2) is 6.97. The van der Waals surface area contributed by atoms with Crippen molar-refractivity contribution in [1.29, 1.82) is 0 Å². The minimum absolute atomic E-state index is 0.0876. The van der Waals surface area contributed by atoms with Crippen molar-refractivity contribution in [2.24, 2.45) is 5.92 Å². The summed E-state index contributed by atoms with van der Waals surface area (Å²) < 4.78 is 4.98. The van der Waals surface area contributed by atoms with E-state index < -0.39 is 0 Å². The minimum Gasteiger partial charge on any atom is -0.466 e. The molecular weight excluding hydrogens is 216 g/mol. The zero-order valence-electron chi connectivity index (χ0n) is 11.6. The number of hydrogen-bond donors (Lipinski definition) is 0. The van der Waals surface area contributed by atoms with Crippen molar-refractivity contribution < 1.29 is 9.53 Å². The van der Waals surface area contributed by atoms with Crippen molar-refractivity contribution >= 4 is 5.97 Å². The van der Waals surface area contributed by atoms with Crippen molar-refractivity contribution in [3.8, 4) is 0 Å². The molecule has 100 valence electrons. The molecule has 1 saturated heterocycles. The number of carbonyl (C=O) groups excluding carboxylic acids is 1. The SMILES string of the molecule is CCOC(=O)CC(C)N(C)CC1CCN(C)C1. The van der Waals surface area contributed by atoms with Crippen LogP contribution in [0.15, 0.2) is 0 Å². The Balaban J connectivity index is 2.26. The van der Waals surface area contributed by atoms with Crippen LogP contribution in [0.4, 0.5) is 0 Å². The Kier molecular flexibility index (Phi) is 5.92. The Morgan fingerprint density at radius 3 is 2.82 bits per heavy atom. The lowest BCUT2D eigenvalue weighted by Crippen LogP contribution is -2.36. The summed E-state index contributed by atoms with van der Waals surface area (Å²) in [6, 6.07) is 0.264. The number of nitrogens with zero attached hydrogens (tertiary/aromatic N) is 2. The summed E-state index contributed by atoms with van der Waals surface area (Å²) in [6.45, 7) is 7.87. The second-order valence-electron chi connectivity index (χ2n) is 5.21. The summed E-state index contributed by atoms with van der Waals surface area (Å²) in [5.41, 5.74) is 0. The van der Waals surface area contributed by atoms with E-state index in [9.17, 15) is 4.79 Å². The largest absolute Gasteiger partial charge is 0.466 e. The molecule has 0 N–H and O–H groups in total. The fourth-order valence-electron chi connectivity index (χ4n) is 2.38. The zero-order valence-corrected chi connectivity index (χ0v) is 11.6. The average molecular weight is 242 g/mol. The van der Waals surface area contributed by atoms with E-state index in [0.717, 1.165) is 12.5 Å². The van der Waals surface area contributed by atoms with E-state index in [1.54, 1.807) is 0 Å². The van der Waals surface area contributed by atoms with Crippen LogP contribution in [0.2, 0.25) is 0 Å². The van der Waals surface area contributed by atoms with Gasteiger partial charge in [-0.15, -0.1) is 0 Å². The van der Waals surface area contributed by atoms with Gasteiger partial charge in [-0.05, 0) is 46.8 Å². The van der Waals surface area contributed by atoms with Crippen molar-refractivity contribution in [1.82, 2.24) is 9.80 Å². The highest BCUT2D eigenvalue weighted by Crippen LogP contribution is 2.16. The molecule has 17 heavy (non-hydrogen) atoms. The third kappa shape index (κ3) is 5.04. The van der Waals surface area contributed by atoms with Gasteiger partial charge in [0.15, 0.2) is 0 Å². The van der Waals surface area contributed by atoms with Crippen LogP contribution >= 0.6 is 0 Å². The summed E-state index contributed by atoms with van der Waals surface area (Å²) in [5.74, 6) is 0.657. The lowest BCUT2D eigenvalue weighted by molar-refractivity contribution is -0.144. The smallest absolute Gasteiger partial charge is 0.307 e. The molecule has 1 fully saturated rings. The van der Waals surface area contributed by atoms with Crippen LogP contribution in [0, 0.1) is 5.92 Å². The predicted molar refractivity (Wildman–Crippen MR) is 68.9 cm³/mol. The van der Waals surface area contributed by atoms with Crippen molar-refractivity contribution in [2.45, 2.75) is 32.7 Å². The van der Waals surface area contributed by atoms with Crippen LogP contribution in [0.3, 0.4) is 0 Å². The topological polar surface area (TPSA) is 32.8 Å². The molecule has 0 aromatic heterocycles. The highest BCUT2D eigenvalue weighted by molar-refractivity contribution is 5.69. The van der Waals surface area contributed by atoms with Gasteiger partial charge in [-0.25, -0.2) is 0 Å². The average Bonchev–Trinajstić information content (AvgIpc) is 2.64. The quantitative estimate of drug-likeness (QED) is 0.656. The molecule has 0 radical (unpaired) electrons. The van der Waals surface area contributed by atoms with Gasteiger partial charge < -0.3 is 14.5 Å². The maximum absolute atomic E-state index is 11.4. The number of ether oxygens (including phenoxy) is 1. The molecule has 1 aliphatic rings. The highest BCUT2D eigenvalue weighted by atomic mass is 16.5. The molecule has 0 aromatic carbocycles. The molecule has 0 aromatic rings. The Bertz CT molecular complexity index is 246. The summed E-state index contributed by atoms with van der Waals surface area (Å²) in [5, 5.41) is 0. The molecule has 1 heterocycles. The van der Waals surface area contributed by atoms with E-state index in [-0.39, 0.29) is 12.0 Å². The minimum atomic E-state index is -0.0876. The molecule has 0 amide bonds. The third-order valence-corrected chi connectivity index (χ3v) is 3.55. The lowest BCUT2D eigenvalue weighted by atomic mass is 10.1. The Morgan fingerprint density at radius 1 is 1.59 bits per heavy atom. The molecule has 2 atom stereocenters. The molecule has 0 spiro atoms. The number of esters is 1. The molecule has 4 nitrogen and oxygen atoms in total. The fourth-order valence-corrected chi connectivity index (χ4v) is 2.38. The van der Waals surface area contributed by atoms with Crippen LogP contribution in [0.5, 0.6) is 0 Å². The normalized spacial score (nSPS) is 23.0. The van der Waals surface area contributed by atoms with Gasteiger partial charge in [-0.3, -0.25) is 4.79 Å². The van der Waals surface area contributed by atoms with Gasteiger partial charge in [0.1, 0.15) is 0 Å². The number of carbonyl (C=O) groups is 1. The van der Waals surface area contributed by atoms with Gasteiger partial charge in [0.2, 0.25) is 0 Å². The first-order valence-electron chi connectivity index (χ1n) is 6.57. The van der Waals surface area contributed by atoms with Crippen LogP contribution < -0.4 is 0 Å². The predicted octanol–water partition coefficient (Wildman–Crippen LogP) is 1.21. The monoisotopic (exact) mass is 242 g/mol. The third-order valence-electron chi connectivity index (χ3n) is 3.55. The van der Waals surface area contributed by atoms with E-state index in [4.69, 9.17) is 4.74 Å². The highest BCUT2D eigenvalue weighted by Gasteiger charge is 2.23. The number of rotatable bonds is 6. The Labute approximate surface area is 105 Å². The summed E-state index contributed by atoms with van der Waals surface area (Å²) in [4.78, 5) is 16.0. The van der Waals surface area contributed by atoms with Crippen LogP contribution in [-0.4, -0.2) is 62.1 Å². The first-order chi connectivity index (χ1) is 8.02. The van der Waals surface area contributed by atoms with E-state index in [2.05, 4.69) is 30.8 Å². The van der Waals surface area contributed by atoms with E-state index >= 15 is 0 Å². The van der Waals surface area contributed by atoms with Crippen molar-refractivity contribution in [3.05, 3.63) is 0 Å². The van der Waals surface area contributed by atoms with E-state index in [1.807, 2.05) is 6.92 Å². The molecule has 1 aliphatic heterocycles. The van der Waals surface area contributed by atoms with Gasteiger partial charge in [-0.2, -0.15) is 0 Å². The summed E-state index contributed by atoms with van der Waals surface area (Å²) in [7, 11) is 4.27. The maximum Gasteiger partial charge on any atom is 0.307 e. The molecule has 0 saturated carbocycles. The standard InChI is InChI=1S/C13H26N2O2/c1-5-17-13(16)8-11(2)15(4)10-12-6-7-14(3)9-12/h11-12H,5-10H2,1-4H3. The van der Waals surface area contributed by atoms with Gasteiger partial charge in [0.25, 0.3) is 0 Å². The van der Waals surface area contributed by atoms with Gasteiger partial charge in [-0.1, -0.05) is 0 Å².